The number of rotatable bonds is 5. The number of halogens is 1. The molecule has 1 aromatic rings. The lowest BCUT2D eigenvalue weighted by molar-refractivity contribution is -0.134. The number of hydrogen-bond donors (Lipinski definition) is 1. The number of carbonyl (C=O) groups excluding carboxylic acids is 1. The van der Waals surface area contributed by atoms with Gasteiger partial charge >= 0.3 is 0 Å². The third-order valence-electron chi connectivity index (χ3n) is 4.40. The van der Waals surface area contributed by atoms with Crippen LogP contribution in [0.5, 0.6) is 0 Å². The Bertz CT molecular complexity index is 509. The zero-order valence-electron chi connectivity index (χ0n) is 11.6. The summed E-state index contributed by atoms with van der Waals surface area (Å²) >= 11 is 0. The molecular formula is C16H21FN2O. The Morgan fingerprint density at radius 2 is 2.15 bits per heavy atom. The Labute approximate surface area is 118 Å². The maximum Gasteiger partial charge on any atom is 0.224 e. The molecule has 1 aromatic carbocycles. The van der Waals surface area contributed by atoms with E-state index >= 15 is 0 Å². The summed E-state index contributed by atoms with van der Waals surface area (Å²) < 4.78 is 13.2. The van der Waals surface area contributed by atoms with Gasteiger partial charge in [0.2, 0.25) is 5.91 Å². The molecule has 0 aliphatic heterocycles. The molecule has 2 saturated carbocycles. The van der Waals surface area contributed by atoms with E-state index in [-0.39, 0.29) is 17.3 Å². The SMILES string of the molecule is NC1(CC(=O)N(Cc2cccc(F)c2)C2CC2)CCC1. The molecule has 0 atom stereocenters. The normalized spacial score (nSPS) is 20.3. The number of hydrogen-bond acceptors (Lipinski definition) is 2. The number of nitrogens with two attached hydrogens (primary N) is 1. The average Bonchev–Trinajstić information content (AvgIpc) is 3.18. The molecule has 0 heterocycles. The standard InChI is InChI=1S/C16H21FN2O/c17-13-4-1-3-12(9-13)11-19(14-5-6-14)15(20)10-16(18)7-2-8-16/h1,3-4,9,14H,2,5-8,10-11,18H2. The molecule has 0 saturated heterocycles. The van der Waals surface area contributed by atoms with Crippen molar-refractivity contribution in [3.8, 4) is 0 Å². The third-order valence-corrected chi connectivity index (χ3v) is 4.40. The first-order valence-electron chi connectivity index (χ1n) is 7.39. The number of nitrogens with zero attached hydrogens (tertiary/aromatic N) is 1. The lowest BCUT2D eigenvalue weighted by atomic mass is 9.75. The van der Waals surface area contributed by atoms with E-state index in [0.29, 0.717) is 19.0 Å². The van der Waals surface area contributed by atoms with E-state index in [0.717, 1.165) is 37.7 Å². The summed E-state index contributed by atoms with van der Waals surface area (Å²) in [5.74, 6) is -0.126. The average molecular weight is 276 g/mol. The van der Waals surface area contributed by atoms with Crippen LogP contribution in [-0.4, -0.2) is 22.4 Å². The highest BCUT2D eigenvalue weighted by molar-refractivity contribution is 5.78. The molecule has 0 unspecified atom stereocenters. The topological polar surface area (TPSA) is 46.3 Å². The van der Waals surface area contributed by atoms with Crippen molar-refractivity contribution in [1.82, 2.24) is 4.90 Å². The quantitative estimate of drug-likeness (QED) is 0.898. The van der Waals surface area contributed by atoms with Gasteiger partial charge in [-0.1, -0.05) is 12.1 Å². The fourth-order valence-electron chi connectivity index (χ4n) is 2.85. The van der Waals surface area contributed by atoms with Gasteiger partial charge in [-0.2, -0.15) is 0 Å². The van der Waals surface area contributed by atoms with Crippen LogP contribution in [0.2, 0.25) is 0 Å². The molecule has 0 aromatic heterocycles. The first-order valence-corrected chi connectivity index (χ1v) is 7.39. The molecule has 0 radical (unpaired) electrons. The summed E-state index contributed by atoms with van der Waals surface area (Å²) in [5.41, 5.74) is 6.74. The van der Waals surface area contributed by atoms with Crippen LogP contribution in [0, 0.1) is 5.82 Å². The summed E-state index contributed by atoms with van der Waals surface area (Å²) in [6.07, 6.45) is 5.54. The minimum absolute atomic E-state index is 0.124. The second-order valence-electron chi connectivity index (χ2n) is 6.28. The molecule has 108 valence electrons. The summed E-state index contributed by atoms with van der Waals surface area (Å²) in [7, 11) is 0. The monoisotopic (exact) mass is 276 g/mol. The molecule has 4 heteroatoms. The van der Waals surface area contributed by atoms with Crippen LogP contribution in [0.4, 0.5) is 4.39 Å². The second-order valence-corrected chi connectivity index (χ2v) is 6.28. The molecule has 1 amide bonds. The van der Waals surface area contributed by atoms with Crippen molar-refractivity contribution in [2.24, 2.45) is 5.73 Å². The van der Waals surface area contributed by atoms with Gasteiger partial charge in [-0.05, 0) is 49.8 Å². The summed E-state index contributed by atoms with van der Waals surface area (Å²) in [4.78, 5) is 14.4. The molecule has 3 nitrogen and oxygen atoms in total. The van der Waals surface area contributed by atoms with Crippen molar-refractivity contribution in [3.05, 3.63) is 35.6 Å². The van der Waals surface area contributed by atoms with Crippen LogP contribution in [0.15, 0.2) is 24.3 Å². The van der Waals surface area contributed by atoms with Crippen LogP contribution in [0.25, 0.3) is 0 Å². The Morgan fingerprint density at radius 3 is 2.70 bits per heavy atom. The van der Waals surface area contributed by atoms with Crippen molar-refractivity contribution in [2.75, 3.05) is 0 Å². The zero-order chi connectivity index (χ0) is 14.2. The maximum atomic E-state index is 13.2. The highest BCUT2D eigenvalue weighted by Crippen LogP contribution is 2.35. The largest absolute Gasteiger partial charge is 0.335 e. The highest BCUT2D eigenvalue weighted by Gasteiger charge is 2.39. The first-order chi connectivity index (χ1) is 9.56. The zero-order valence-corrected chi connectivity index (χ0v) is 11.6. The Morgan fingerprint density at radius 1 is 1.40 bits per heavy atom. The third kappa shape index (κ3) is 3.01. The van der Waals surface area contributed by atoms with Crippen LogP contribution in [0.1, 0.15) is 44.1 Å². The number of carbonyl (C=O) groups is 1. The maximum absolute atomic E-state index is 13.2. The van der Waals surface area contributed by atoms with Gasteiger partial charge in [0, 0.05) is 24.5 Å². The fraction of sp³-hybridized carbons (Fsp3) is 0.562. The minimum Gasteiger partial charge on any atom is -0.335 e. The van der Waals surface area contributed by atoms with E-state index < -0.39 is 0 Å². The van der Waals surface area contributed by atoms with Gasteiger partial charge in [-0.25, -0.2) is 4.39 Å². The molecule has 20 heavy (non-hydrogen) atoms. The Kier molecular flexibility index (Phi) is 3.50. The lowest BCUT2D eigenvalue weighted by Gasteiger charge is -2.39. The van der Waals surface area contributed by atoms with Crippen molar-refractivity contribution in [3.63, 3.8) is 0 Å². The Balaban J connectivity index is 1.67. The van der Waals surface area contributed by atoms with Gasteiger partial charge in [-0.3, -0.25) is 4.79 Å². The molecule has 0 bridgehead atoms. The van der Waals surface area contributed by atoms with E-state index in [4.69, 9.17) is 5.73 Å². The molecule has 2 fully saturated rings. The first kappa shape index (κ1) is 13.6. The van der Waals surface area contributed by atoms with E-state index in [1.54, 1.807) is 6.07 Å². The fourth-order valence-corrected chi connectivity index (χ4v) is 2.85. The van der Waals surface area contributed by atoms with Crippen LogP contribution < -0.4 is 5.73 Å². The van der Waals surface area contributed by atoms with E-state index in [2.05, 4.69) is 0 Å². The van der Waals surface area contributed by atoms with E-state index in [1.807, 2.05) is 11.0 Å². The van der Waals surface area contributed by atoms with Crippen LogP contribution in [-0.2, 0) is 11.3 Å². The van der Waals surface area contributed by atoms with Crippen LogP contribution in [0.3, 0.4) is 0 Å². The van der Waals surface area contributed by atoms with Gasteiger partial charge in [-0.15, -0.1) is 0 Å². The molecule has 2 aliphatic carbocycles. The molecule has 2 N–H and O–H groups in total. The number of benzene rings is 1. The number of amides is 1. The smallest absolute Gasteiger partial charge is 0.224 e. The van der Waals surface area contributed by atoms with Gasteiger partial charge in [0.25, 0.3) is 0 Å². The van der Waals surface area contributed by atoms with Crippen LogP contribution >= 0.6 is 0 Å². The van der Waals surface area contributed by atoms with Gasteiger partial charge < -0.3 is 10.6 Å². The predicted molar refractivity (Wildman–Crippen MR) is 75.4 cm³/mol. The minimum atomic E-state index is -0.286. The molecule has 0 spiro atoms. The molecular weight excluding hydrogens is 255 g/mol. The van der Waals surface area contributed by atoms with Gasteiger partial charge in [0.1, 0.15) is 5.82 Å². The van der Waals surface area contributed by atoms with E-state index in [9.17, 15) is 9.18 Å². The highest BCUT2D eigenvalue weighted by atomic mass is 19.1. The van der Waals surface area contributed by atoms with Crippen molar-refractivity contribution in [1.29, 1.82) is 0 Å². The Hall–Kier alpha value is -1.42. The summed E-state index contributed by atoms with van der Waals surface area (Å²) in [6.45, 7) is 0.497. The van der Waals surface area contributed by atoms with Gasteiger partial charge in [0.05, 0.1) is 0 Å². The molecule has 2 aliphatic rings. The predicted octanol–water partition coefficient (Wildman–Crippen LogP) is 2.59. The second kappa shape index (κ2) is 5.17. The van der Waals surface area contributed by atoms with Crippen molar-refractivity contribution < 1.29 is 9.18 Å². The van der Waals surface area contributed by atoms with Crippen molar-refractivity contribution in [2.45, 2.75) is 56.7 Å². The van der Waals surface area contributed by atoms with Gasteiger partial charge in [0.15, 0.2) is 0 Å². The summed E-state index contributed by atoms with van der Waals surface area (Å²) in [5, 5.41) is 0. The summed E-state index contributed by atoms with van der Waals surface area (Å²) in [6, 6.07) is 6.82. The van der Waals surface area contributed by atoms with Crippen molar-refractivity contribution >= 4 is 5.91 Å². The van der Waals surface area contributed by atoms with E-state index in [1.165, 1.54) is 12.1 Å². The lowest BCUT2D eigenvalue weighted by Crippen LogP contribution is -2.50. The molecule has 3 rings (SSSR count).